The highest BCUT2D eigenvalue weighted by Crippen LogP contribution is 2.15. The highest BCUT2D eigenvalue weighted by molar-refractivity contribution is 5.39. The van der Waals surface area contributed by atoms with E-state index in [4.69, 9.17) is 4.98 Å². The molecule has 118 valence electrons. The van der Waals surface area contributed by atoms with E-state index in [0.717, 1.165) is 63.1 Å². The molecule has 4 nitrogen and oxygen atoms in total. The number of piperazine rings is 1. The van der Waals surface area contributed by atoms with Gasteiger partial charge in [0.25, 0.3) is 0 Å². The molecule has 2 rings (SSSR count). The average molecular weight is 290 g/mol. The van der Waals surface area contributed by atoms with Gasteiger partial charge in [-0.1, -0.05) is 26.8 Å². The second kappa shape index (κ2) is 8.35. The Morgan fingerprint density at radius 1 is 1.19 bits per heavy atom. The monoisotopic (exact) mass is 290 g/mol. The van der Waals surface area contributed by atoms with Gasteiger partial charge >= 0.3 is 0 Å². The normalized spacial score (nSPS) is 16.7. The molecule has 0 aromatic carbocycles. The van der Waals surface area contributed by atoms with Crippen LogP contribution < -0.4 is 10.2 Å². The predicted molar refractivity (Wildman–Crippen MR) is 89.7 cm³/mol. The number of rotatable bonds is 7. The van der Waals surface area contributed by atoms with Gasteiger partial charge in [-0.15, -0.1) is 0 Å². The molecular formula is C17H30N4. The van der Waals surface area contributed by atoms with Gasteiger partial charge in [-0.3, -0.25) is 4.90 Å². The van der Waals surface area contributed by atoms with E-state index in [1.807, 2.05) is 0 Å². The summed E-state index contributed by atoms with van der Waals surface area (Å²) in [5.41, 5.74) is 1.14. The molecular weight excluding hydrogens is 260 g/mol. The van der Waals surface area contributed by atoms with Gasteiger partial charge in [0.2, 0.25) is 0 Å². The summed E-state index contributed by atoms with van der Waals surface area (Å²) in [7, 11) is 0. The number of pyridine rings is 1. The Bertz CT molecular complexity index is 411. The molecule has 0 spiro atoms. The number of aromatic nitrogens is 1. The van der Waals surface area contributed by atoms with E-state index in [-0.39, 0.29) is 0 Å². The number of hydrogen-bond donors (Lipinski definition) is 1. The van der Waals surface area contributed by atoms with Crippen molar-refractivity contribution in [3.05, 3.63) is 23.9 Å². The third-order valence-electron chi connectivity index (χ3n) is 3.84. The summed E-state index contributed by atoms with van der Waals surface area (Å²) in [5, 5.41) is 3.42. The van der Waals surface area contributed by atoms with Crippen molar-refractivity contribution < 1.29 is 0 Å². The van der Waals surface area contributed by atoms with Crippen LogP contribution in [-0.2, 0) is 6.54 Å². The fraction of sp³-hybridized carbons (Fsp3) is 0.706. The number of nitrogens with zero attached hydrogens (tertiary/aromatic N) is 3. The molecule has 0 radical (unpaired) electrons. The van der Waals surface area contributed by atoms with Crippen LogP contribution >= 0.6 is 0 Å². The minimum atomic E-state index is 0.752. The van der Waals surface area contributed by atoms with Crippen LogP contribution in [-0.4, -0.2) is 49.2 Å². The zero-order valence-electron chi connectivity index (χ0n) is 13.8. The minimum Gasteiger partial charge on any atom is -0.354 e. The summed E-state index contributed by atoms with van der Waals surface area (Å²) >= 11 is 0. The van der Waals surface area contributed by atoms with Crippen LogP contribution in [0.4, 0.5) is 5.82 Å². The summed E-state index contributed by atoms with van der Waals surface area (Å²) in [6.07, 6.45) is 1.16. The van der Waals surface area contributed by atoms with Crippen LogP contribution in [0.1, 0.15) is 32.9 Å². The summed E-state index contributed by atoms with van der Waals surface area (Å²) in [5.74, 6) is 1.89. The van der Waals surface area contributed by atoms with E-state index in [1.165, 1.54) is 6.54 Å². The van der Waals surface area contributed by atoms with Crippen molar-refractivity contribution in [1.82, 2.24) is 15.2 Å². The molecule has 0 atom stereocenters. The van der Waals surface area contributed by atoms with E-state index in [2.05, 4.69) is 54.1 Å². The van der Waals surface area contributed by atoms with Gasteiger partial charge < -0.3 is 10.2 Å². The van der Waals surface area contributed by atoms with Gasteiger partial charge in [0, 0.05) is 39.3 Å². The predicted octanol–water partition coefficient (Wildman–Crippen LogP) is 2.36. The number of nitrogens with one attached hydrogen (secondary N) is 1. The lowest BCUT2D eigenvalue weighted by Gasteiger charge is -2.36. The largest absolute Gasteiger partial charge is 0.354 e. The molecule has 1 saturated heterocycles. The van der Waals surface area contributed by atoms with Crippen LogP contribution in [0.3, 0.4) is 0 Å². The molecule has 0 bridgehead atoms. The van der Waals surface area contributed by atoms with E-state index in [0.29, 0.717) is 0 Å². The Labute approximate surface area is 129 Å². The lowest BCUT2D eigenvalue weighted by atomic mass is 10.2. The lowest BCUT2D eigenvalue weighted by molar-refractivity contribution is 0.231. The molecule has 2 heterocycles. The zero-order valence-corrected chi connectivity index (χ0v) is 13.8. The Balaban J connectivity index is 1.86. The van der Waals surface area contributed by atoms with Crippen LogP contribution in [0.25, 0.3) is 0 Å². The maximum Gasteiger partial charge on any atom is 0.128 e. The minimum absolute atomic E-state index is 0.752. The van der Waals surface area contributed by atoms with Gasteiger partial charge in [-0.05, 0) is 31.0 Å². The van der Waals surface area contributed by atoms with E-state index in [9.17, 15) is 0 Å². The fourth-order valence-electron chi connectivity index (χ4n) is 2.81. The molecule has 0 saturated carbocycles. The smallest absolute Gasteiger partial charge is 0.128 e. The standard InChI is InChI=1S/C17H30N4/c1-4-8-18-13-16-6-5-7-17(19-16)21-11-9-20(10-12-21)14-15(2)3/h5-7,15,18H,4,8-14H2,1-3H3. The first-order valence-corrected chi connectivity index (χ1v) is 8.33. The van der Waals surface area contributed by atoms with Gasteiger partial charge in [0.15, 0.2) is 0 Å². The van der Waals surface area contributed by atoms with Crippen LogP contribution in [0.15, 0.2) is 18.2 Å². The van der Waals surface area contributed by atoms with Crippen molar-refractivity contribution in [2.75, 3.05) is 44.2 Å². The van der Waals surface area contributed by atoms with Gasteiger partial charge in [-0.25, -0.2) is 4.98 Å². The van der Waals surface area contributed by atoms with Crippen molar-refractivity contribution in [1.29, 1.82) is 0 Å². The van der Waals surface area contributed by atoms with Crippen LogP contribution in [0.5, 0.6) is 0 Å². The summed E-state index contributed by atoms with van der Waals surface area (Å²) in [6, 6.07) is 6.38. The van der Waals surface area contributed by atoms with E-state index < -0.39 is 0 Å². The fourth-order valence-corrected chi connectivity index (χ4v) is 2.81. The van der Waals surface area contributed by atoms with Crippen LogP contribution in [0.2, 0.25) is 0 Å². The Hall–Kier alpha value is -1.13. The van der Waals surface area contributed by atoms with Gasteiger partial charge in [0.05, 0.1) is 5.69 Å². The van der Waals surface area contributed by atoms with Crippen molar-refractivity contribution >= 4 is 5.82 Å². The molecule has 4 heteroatoms. The maximum atomic E-state index is 4.80. The average Bonchev–Trinajstić information content (AvgIpc) is 2.48. The van der Waals surface area contributed by atoms with E-state index in [1.54, 1.807) is 0 Å². The van der Waals surface area contributed by atoms with E-state index >= 15 is 0 Å². The highest BCUT2D eigenvalue weighted by Gasteiger charge is 2.18. The zero-order chi connectivity index (χ0) is 15.1. The van der Waals surface area contributed by atoms with Crippen LogP contribution in [0, 0.1) is 5.92 Å². The SMILES string of the molecule is CCCNCc1cccc(N2CCN(CC(C)C)CC2)n1. The summed E-state index contributed by atoms with van der Waals surface area (Å²) in [4.78, 5) is 9.78. The van der Waals surface area contributed by atoms with Gasteiger partial charge in [0.1, 0.15) is 5.82 Å². The van der Waals surface area contributed by atoms with Crippen molar-refractivity contribution in [3.63, 3.8) is 0 Å². The maximum absolute atomic E-state index is 4.80. The van der Waals surface area contributed by atoms with Crippen molar-refractivity contribution in [2.45, 2.75) is 33.7 Å². The first kappa shape index (κ1) is 16.2. The Kier molecular flexibility index (Phi) is 6.46. The lowest BCUT2D eigenvalue weighted by Crippen LogP contribution is -2.47. The molecule has 1 N–H and O–H groups in total. The quantitative estimate of drug-likeness (QED) is 0.781. The molecule has 21 heavy (non-hydrogen) atoms. The summed E-state index contributed by atoms with van der Waals surface area (Å²) in [6.45, 7) is 14.4. The first-order valence-electron chi connectivity index (χ1n) is 8.33. The van der Waals surface area contributed by atoms with Crippen molar-refractivity contribution in [3.8, 4) is 0 Å². The molecule has 0 amide bonds. The second-order valence-electron chi connectivity index (χ2n) is 6.35. The molecule has 1 aromatic rings. The molecule has 0 aliphatic carbocycles. The van der Waals surface area contributed by atoms with Crippen molar-refractivity contribution in [2.24, 2.45) is 5.92 Å². The molecule has 0 unspecified atom stereocenters. The molecule has 1 aliphatic heterocycles. The third kappa shape index (κ3) is 5.29. The molecule has 1 fully saturated rings. The Morgan fingerprint density at radius 3 is 2.62 bits per heavy atom. The molecule has 1 aliphatic rings. The highest BCUT2D eigenvalue weighted by atomic mass is 15.3. The third-order valence-corrected chi connectivity index (χ3v) is 3.84. The van der Waals surface area contributed by atoms with Gasteiger partial charge in [-0.2, -0.15) is 0 Å². The Morgan fingerprint density at radius 2 is 1.95 bits per heavy atom. The topological polar surface area (TPSA) is 31.4 Å². The first-order chi connectivity index (χ1) is 10.2. The summed E-state index contributed by atoms with van der Waals surface area (Å²) < 4.78 is 0. The second-order valence-corrected chi connectivity index (χ2v) is 6.35. The molecule has 1 aromatic heterocycles. The number of hydrogen-bond acceptors (Lipinski definition) is 4. The number of anilines is 1.